The summed E-state index contributed by atoms with van der Waals surface area (Å²) in [5.74, 6) is 0.785. The lowest BCUT2D eigenvalue weighted by Crippen LogP contribution is -2.23. The number of hydrogen-bond acceptors (Lipinski definition) is 2. The van der Waals surface area contributed by atoms with E-state index in [9.17, 15) is 9.59 Å². The van der Waals surface area contributed by atoms with Crippen LogP contribution in [0.5, 0.6) is 0 Å². The van der Waals surface area contributed by atoms with Gasteiger partial charge < -0.3 is 5.32 Å². The number of rotatable bonds is 19. The second-order valence-electron chi connectivity index (χ2n) is 8.07. The van der Waals surface area contributed by atoms with Gasteiger partial charge in [0, 0.05) is 25.3 Å². The fourth-order valence-corrected chi connectivity index (χ4v) is 3.16. The summed E-state index contributed by atoms with van der Waals surface area (Å²) in [5.41, 5.74) is 0. The van der Waals surface area contributed by atoms with Crippen molar-refractivity contribution >= 4 is 11.7 Å². The van der Waals surface area contributed by atoms with Gasteiger partial charge in [-0.25, -0.2) is 0 Å². The second kappa shape index (κ2) is 18.9. The first-order valence-corrected chi connectivity index (χ1v) is 11.4. The van der Waals surface area contributed by atoms with Gasteiger partial charge in [-0.05, 0) is 19.3 Å². The molecule has 0 unspecified atom stereocenters. The Morgan fingerprint density at radius 3 is 1.65 bits per heavy atom. The molecule has 0 bridgehead atoms. The smallest absolute Gasteiger partial charge is 0.219 e. The second-order valence-corrected chi connectivity index (χ2v) is 8.07. The summed E-state index contributed by atoms with van der Waals surface area (Å²) in [7, 11) is 0. The molecule has 0 aliphatic carbocycles. The summed E-state index contributed by atoms with van der Waals surface area (Å²) in [6, 6.07) is 0. The van der Waals surface area contributed by atoms with Crippen LogP contribution in [0.2, 0.25) is 0 Å². The highest BCUT2D eigenvalue weighted by Crippen LogP contribution is 2.11. The van der Waals surface area contributed by atoms with Crippen molar-refractivity contribution in [1.82, 2.24) is 5.32 Å². The van der Waals surface area contributed by atoms with Crippen molar-refractivity contribution in [2.24, 2.45) is 5.92 Å². The molecular weight excluding hydrogens is 322 g/mol. The predicted molar refractivity (Wildman–Crippen MR) is 112 cm³/mol. The topological polar surface area (TPSA) is 46.2 Å². The molecule has 0 spiro atoms. The zero-order chi connectivity index (χ0) is 19.5. The summed E-state index contributed by atoms with van der Waals surface area (Å²) in [6.45, 7) is 7.04. The number of unbranched alkanes of at least 4 members (excludes halogenated alkanes) is 12. The van der Waals surface area contributed by atoms with Crippen LogP contribution in [0.15, 0.2) is 0 Å². The number of Topliss-reactive ketones (excluding diaryl/α,β-unsaturated/α-hetero) is 1. The Hall–Kier alpha value is -0.860. The fraction of sp³-hybridized carbons (Fsp3) is 0.913. The van der Waals surface area contributed by atoms with Gasteiger partial charge in [-0.2, -0.15) is 0 Å². The lowest BCUT2D eigenvalue weighted by Gasteiger charge is -2.06. The van der Waals surface area contributed by atoms with Crippen molar-refractivity contribution in [1.29, 1.82) is 0 Å². The van der Waals surface area contributed by atoms with Crippen molar-refractivity contribution < 1.29 is 9.59 Å². The Kier molecular flexibility index (Phi) is 18.3. The minimum atomic E-state index is 0.180. The maximum absolute atomic E-state index is 11.8. The zero-order valence-corrected chi connectivity index (χ0v) is 17.9. The van der Waals surface area contributed by atoms with Crippen LogP contribution in [0.3, 0.4) is 0 Å². The molecule has 154 valence electrons. The van der Waals surface area contributed by atoms with Crippen molar-refractivity contribution in [2.45, 2.75) is 124 Å². The third kappa shape index (κ3) is 17.9. The minimum absolute atomic E-state index is 0.180. The maximum atomic E-state index is 11.8. The van der Waals surface area contributed by atoms with E-state index in [2.05, 4.69) is 12.2 Å². The van der Waals surface area contributed by atoms with E-state index in [0.29, 0.717) is 12.2 Å². The van der Waals surface area contributed by atoms with E-state index in [0.717, 1.165) is 45.1 Å². The Bertz CT molecular complexity index is 339. The van der Waals surface area contributed by atoms with Gasteiger partial charge in [0.15, 0.2) is 0 Å². The van der Waals surface area contributed by atoms with E-state index in [4.69, 9.17) is 0 Å². The van der Waals surface area contributed by atoms with Gasteiger partial charge in [0.1, 0.15) is 5.78 Å². The Balaban J connectivity index is 3.24. The van der Waals surface area contributed by atoms with Gasteiger partial charge in [0.2, 0.25) is 5.91 Å². The van der Waals surface area contributed by atoms with Gasteiger partial charge in [-0.1, -0.05) is 91.4 Å². The van der Waals surface area contributed by atoms with Gasteiger partial charge >= 0.3 is 0 Å². The minimum Gasteiger partial charge on any atom is -0.356 e. The van der Waals surface area contributed by atoms with E-state index in [1.807, 2.05) is 13.8 Å². The molecule has 0 saturated carbocycles. The third-order valence-electron chi connectivity index (χ3n) is 5.07. The molecular formula is C23H45NO2. The molecule has 0 radical (unpaired) electrons. The molecule has 0 aromatic heterocycles. The van der Waals surface area contributed by atoms with E-state index in [1.165, 1.54) is 57.8 Å². The van der Waals surface area contributed by atoms with Crippen molar-refractivity contribution in [3.63, 3.8) is 0 Å². The molecule has 3 nitrogen and oxygen atoms in total. The molecule has 1 amide bonds. The van der Waals surface area contributed by atoms with Crippen molar-refractivity contribution in [3.8, 4) is 0 Å². The van der Waals surface area contributed by atoms with E-state index in [-0.39, 0.29) is 11.8 Å². The van der Waals surface area contributed by atoms with Gasteiger partial charge in [-0.3, -0.25) is 9.59 Å². The lowest BCUT2D eigenvalue weighted by atomic mass is 10.0. The zero-order valence-electron chi connectivity index (χ0n) is 17.9. The number of carbonyl (C=O) groups excluding carboxylic acids is 2. The van der Waals surface area contributed by atoms with Crippen LogP contribution in [-0.2, 0) is 9.59 Å². The molecule has 26 heavy (non-hydrogen) atoms. The normalized spacial score (nSPS) is 11.1. The molecule has 1 N–H and O–H groups in total. The number of amides is 1. The predicted octanol–water partition coefficient (Wildman–Crippen LogP) is 6.59. The molecule has 3 heteroatoms. The largest absolute Gasteiger partial charge is 0.356 e. The maximum Gasteiger partial charge on any atom is 0.219 e. The van der Waals surface area contributed by atoms with Crippen LogP contribution in [0.25, 0.3) is 0 Å². The number of carbonyl (C=O) groups is 2. The standard InChI is InChI=1S/C23H45NO2/c1-4-5-6-7-8-11-14-17-20-24-23(26)19-16-13-10-9-12-15-18-22(25)21(2)3/h21H,4-20H2,1-3H3,(H,24,26). The molecule has 0 aliphatic rings. The highest BCUT2D eigenvalue weighted by molar-refractivity contribution is 5.80. The highest BCUT2D eigenvalue weighted by Gasteiger charge is 2.06. The first kappa shape index (κ1) is 25.1. The van der Waals surface area contributed by atoms with Crippen LogP contribution in [0.4, 0.5) is 0 Å². The van der Waals surface area contributed by atoms with E-state index >= 15 is 0 Å². The van der Waals surface area contributed by atoms with Crippen LogP contribution in [0, 0.1) is 5.92 Å². The molecule has 0 aromatic rings. The quantitative estimate of drug-likeness (QED) is 0.262. The highest BCUT2D eigenvalue weighted by atomic mass is 16.1. The average molecular weight is 368 g/mol. The van der Waals surface area contributed by atoms with Crippen LogP contribution in [0.1, 0.15) is 124 Å². The van der Waals surface area contributed by atoms with Gasteiger partial charge in [0.25, 0.3) is 0 Å². The molecule has 0 rings (SSSR count). The van der Waals surface area contributed by atoms with Crippen molar-refractivity contribution in [3.05, 3.63) is 0 Å². The van der Waals surface area contributed by atoms with Gasteiger partial charge in [0.05, 0.1) is 0 Å². The average Bonchev–Trinajstić information content (AvgIpc) is 2.62. The molecule has 0 fully saturated rings. The SMILES string of the molecule is CCCCCCCCCCNC(=O)CCCCCCCCC(=O)C(C)C. The fourth-order valence-electron chi connectivity index (χ4n) is 3.16. The van der Waals surface area contributed by atoms with Gasteiger partial charge in [-0.15, -0.1) is 0 Å². The molecule has 0 heterocycles. The first-order valence-electron chi connectivity index (χ1n) is 11.4. The van der Waals surface area contributed by atoms with Crippen molar-refractivity contribution in [2.75, 3.05) is 6.54 Å². The van der Waals surface area contributed by atoms with Crippen LogP contribution in [-0.4, -0.2) is 18.2 Å². The summed E-state index contributed by atoms with van der Waals surface area (Å²) in [5, 5.41) is 3.05. The summed E-state index contributed by atoms with van der Waals surface area (Å²) in [6.07, 6.45) is 18.5. The summed E-state index contributed by atoms with van der Waals surface area (Å²) in [4.78, 5) is 23.3. The van der Waals surface area contributed by atoms with Crippen LogP contribution < -0.4 is 5.32 Å². The third-order valence-corrected chi connectivity index (χ3v) is 5.07. The Morgan fingerprint density at radius 2 is 1.12 bits per heavy atom. The number of ketones is 1. The lowest BCUT2D eigenvalue weighted by molar-refractivity contribution is -0.122. The van der Waals surface area contributed by atoms with E-state index < -0.39 is 0 Å². The Morgan fingerprint density at radius 1 is 0.654 bits per heavy atom. The monoisotopic (exact) mass is 367 g/mol. The molecule has 0 aromatic carbocycles. The molecule has 0 aliphatic heterocycles. The van der Waals surface area contributed by atoms with Crippen LogP contribution >= 0.6 is 0 Å². The molecule has 0 atom stereocenters. The first-order chi connectivity index (χ1) is 12.6. The van der Waals surface area contributed by atoms with E-state index in [1.54, 1.807) is 0 Å². The summed E-state index contributed by atoms with van der Waals surface area (Å²) >= 11 is 0. The molecule has 0 saturated heterocycles. The number of nitrogens with one attached hydrogen (secondary N) is 1. The Labute approximate surface area is 163 Å². The summed E-state index contributed by atoms with van der Waals surface area (Å²) < 4.78 is 0. The number of hydrogen-bond donors (Lipinski definition) is 1.